The zero-order valence-electron chi connectivity index (χ0n) is 35.8. The number of carbonyl (C=O) groups excluding carboxylic acids is 6. The molecule has 5 amide bonds. The molecule has 4 aromatic carbocycles. The molecule has 0 aromatic heterocycles. The number of unbranched alkanes of at least 4 members (excludes halogenated alkanes) is 3. The molecule has 0 bridgehead atoms. The Hall–Kier alpha value is -7.30. The molecule has 0 saturated heterocycles. The van der Waals surface area contributed by atoms with Crippen LogP contribution < -0.4 is 31.7 Å². The molecule has 4 aromatic rings. The average Bonchev–Trinajstić information content (AvgIpc) is 3.60. The van der Waals surface area contributed by atoms with E-state index in [1.54, 1.807) is 38.1 Å². The van der Waals surface area contributed by atoms with E-state index in [0.717, 1.165) is 17.5 Å². The average molecular weight is 879 g/mol. The van der Waals surface area contributed by atoms with E-state index in [0.29, 0.717) is 36.9 Å². The number of esters is 1. The van der Waals surface area contributed by atoms with Gasteiger partial charge in [0.1, 0.15) is 31.0 Å². The molecule has 338 valence electrons. The first kappa shape index (κ1) is 47.7. The summed E-state index contributed by atoms with van der Waals surface area (Å²) in [6.45, 7) is 3.82. The molecule has 0 fully saturated rings. The highest BCUT2D eigenvalue weighted by Gasteiger charge is 2.30. The number of nitrogens with one attached hydrogen (secondary N) is 4. The SMILES string of the molecule is CC(C)[C@H](NC(=O)CCCCCCC(=O)OCC1c2ccccc2-c2ccccc21)C(=O)N[C@@H](CCCNC(N)=O)C(=O)Nc1ccc(COC(=O)Oc2ccc([N+](=O)[O-])cc2)cc1. The molecule has 0 saturated carbocycles. The van der Waals surface area contributed by atoms with Gasteiger partial charge in [-0.3, -0.25) is 29.3 Å². The third-order valence-electron chi connectivity index (χ3n) is 10.6. The van der Waals surface area contributed by atoms with Crippen molar-refractivity contribution in [3.63, 3.8) is 0 Å². The highest BCUT2D eigenvalue weighted by molar-refractivity contribution is 5.98. The lowest BCUT2D eigenvalue weighted by atomic mass is 9.98. The molecule has 0 unspecified atom stereocenters. The number of benzene rings is 4. The molecule has 5 rings (SSSR count). The van der Waals surface area contributed by atoms with Gasteiger partial charge in [0.15, 0.2) is 0 Å². The molecule has 0 heterocycles. The molecule has 6 N–H and O–H groups in total. The van der Waals surface area contributed by atoms with E-state index in [9.17, 15) is 38.9 Å². The summed E-state index contributed by atoms with van der Waals surface area (Å²) >= 11 is 0. The Labute approximate surface area is 370 Å². The topological polar surface area (TPSA) is 247 Å². The summed E-state index contributed by atoms with van der Waals surface area (Å²) in [5, 5.41) is 21.6. The molecule has 1 aliphatic rings. The number of nitro groups is 1. The van der Waals surface area contributed by atoms with Crippen LogP contribution >= 0.6 is 0 Å². The van der Waals surface area contributed by atoms with Gasteiger partial charge in [0.05, 0.1) is 4.92 Å². The van der Waals surface area contributed by atoms with Gasteiger partial charge >= 0.3 is 18.2 Å². The van der Waals surface area contributed by atoms with Gasteiger partial charge in [-0.05, 0) is 83.7 Å². The van der Waals surface area contributed by atoms with E-state index in [-0.39, 0.29) is 74.2 Å². The maximum Gasteiger partial charge on any atom is 0.514 e. The molecule has 17 heteroatoms. The molecule has 1 aliphatic carbocycles. The molecule has 0 aliphatic heterocycles. The van der Waals surface area contributed by atoms with Crippen molar-refractivity contribution in [1.82, 2.24) is 16.0 Å². The van der Waals surface area contributed by atoms with Crippen LogP contribution in [0.4, 0.5) is 21.0 Å². The Bertz CT molecular complexity index is 2220. The summed E-state index contributed by atoms with van der Waals surface area (Å²) in [5.74, 6) is -1.93. The minimum Gasteiger partial charge on any atom is -0.465 e. The maximum absolute atomic E-state index is 13.6. The number of nitrogens with zero attached hydrogens (tertiary/aromatic N) is 1. The molecular formula is C47H54N6O11. The van der Waals surface area contributed by atoms with E-state index in [1.807, 2.05) is 24.3 Å². The second-order valence-corrected chi connectivity index (χ2v) is 15.7. The van der Waals surface area contributed by atoms with Gasteiger partial charge < -0.3 is 41.2 Å². The minimum atomic E-state index is -1.05. The van der Waals surface area contributed by atoms with Gasteiger partial charge in [-0.25, -0.2) is 9.59 Å². The number of rotatable bonds is 23. The minimum absolute atomic E-state index is 0.000577. The van der Waals surface area contributed by atoms with Crippen LogP contribution in [-0.2, 0) is 35.3 Å². The van der Waals surface area contributed by atoms with Crippen molar-refractivity contribution in [2.24, 2.45) is 11.7 Å². The first-order valence-corrected chi connectivity index (χ1v) is 21.2. The molecule has 64 heavy (non-hydrogen) atoms. The number of urea groups is 1. The van der Waals surface area contributed by atoms with Crippen molar-refractivity contribution in [1.29, 1.82) is 0 Å². The molecule has 0 radical (unpaired) electrons. The van der Waals surface area contributed by atoms with Crippen LogP contribution in [0, 0.1) is 16.0 Å². The number of non-ortho nitro benzene ring substituents is 1. The molecular weight excluding hydrogens is 825 g/mol. The Balaban J connectivity index is 1.03. The van der Waals surface area contributed by atoms with Gasteiger partial charge in [0, 0.05) is 43.1 Å². The smallest absolute Gasteiger partial charge is 0.465 e. The fraction of sp³-hybridized carbons (Fsp3) is 0.362. The lowest BCUT2D eigenvalue weighted by Gasteiger charge is -2.25. The Morgan fingerprint density at radius 3 is 1.97 bits per heavy atom. The van der Waals surface area contributed by atoms with Crippen molar-refractivity contribution in [2.45, 2.75) is 89.8 Å². The number of primary amides is 1. The number of hydrogen-bond acceptors (Lipinski definition) is 11. The van der Waals surface area contributed by atoms with Crippen molar-refractivity contribution in [2.75, 3.05) is 18.5 Å². The van der Waals surface area contributed by atoms with Crippen LogP contribution in [0.5, 0.6) is 5.75 Å². The summed E-state index contributed by atoms with van der Waals surface area (Å²) in [7, 11) is 0. The van der Waals surface area contributed by atoms with Crippen molar-refractivity contribution >= 4 is 47.3 Å². The van der Waals surface area contributed by atoms with Gasteiger partial charge in [0.25, 0.3) is 5.69 Å². The Morgan fingerprint density at radius 2 is 1.36 bits per heavy atom. The molecule has 17 nitrogen and oxygen atoms in total. The number of hydrogen-bond donors (Lipinski definition) is 5. The number of fused-ring (bicyclic) bond motifs is 3. The number of amides is 5. The normalized spacial score (nSPS) is 12.5. The van der Waals surface area contributed by atoms with Crippen molar-refractivity contribution < 1.29 is 47.9 Å². The first-order chi connectivity index (χ1) is 30.8. The number of nitro benzene ring substituents is 1. The number of anilines is 1. The zero-order chi connectivity index (χ0) is 46.0. The van der Waals surface area contributed by atoms with Gasteiger partial charge in [0.2, 0.25) is 17.7 Å². The highest BCUT2D eigenvalue weighted by Crippen LogP contribution is 2.44. The van der Waals surface area contributed by atoms with Crippen molar-refractivity contribution in [3.05, 3.63) is 124 Å². The van der Waals surface area contributed by atoms with E-state index < -0.39 is 41.0 Å². The molecule has 0 spiro atoms. The summed E-state index contributed by atoms with van der Waals surface area (Å²) in [4.78, 5) is 86.3. The van der Waals surface area contributed by atoms with Crippen LogP contribution in [-0.4, -0.2) is 66.0 Å². The lowest BCUT2D eigenvalue weighted by Crippen LogP contribution is -2.54. The zero-order valence-corrected chi connectivity index (χ0v) is 35.8. The van der Waals surface area contributed by atoms with Gasteiger partial charge in [-0.2, -0.15) is 0 Å². The number of nitrogens with two attached hydrogens (primary N) is 1. The highest BCUT2D eigenvalue weighted by atomic mass is 16.7. The lowest BCUT2D eigenvalue weighted by molar-refractivity contribution is -0.384. The van der Waals surface area contributed by atoms with Crippen LogP contribution in [0.1, 0.15) is 87.8 Å². The van der Waals surface area contributed by atoms with Crippen LogP contribution in [0.25, 0.3) is 11.1 Å². The third kappa shape index (κ3) is 14.4. The standard InChI is InChI=1S/C47H54N6O11/c1-30(2)43(52-41(54)17-5-3-4-6-18-42(55)62-29-39-37-14-9-7-12-35(37)36-13-8-10-15-38(36)39)45(57)51-40(16-11-27-49-46(48)58)44(56)50-32-21-19-31(20-22-32)28-63-47(59)64-34-25-23-33(24-26-34)53(60)61/h7-10,12-15,19-26,30,39-40,43H,3-6,11,16-18,27-29H2,1-2H3,(H,50,56)(H,51,57)(H,52,54)(H3,48,49,58)/t40-,43-/m0/s1. The van der Waals surface area contributed by atoms with Crippen LogP contribution in [0.15, 0.2) is 97.1 Å². The van der Waals surface area contributed by atoms with E-state index in [4.69, 9.17) is 19.9 Å². The second-order valence-electron chi connectivity index (χ2n) is 15.7. The monoisotopic (exact) mass is 878 g/mol. The maximum atomic E-state index is 13.6. The third-order valence-corrected chi connectivity index (χ3v) is 10.6. The fourth-order valence-electron chi connectivity index (χ4n) is 7.24. The Kier molecular flexibility index (Phi) is 17.7. The summed E-state index contributed by atoms with van der Waals surface area (Å²) < 4.78 is 15.9. The quantitative estimate of drug-likeness (QED) is 0.0167. The predicted octanol–water partition coefficient (Wildman–Crippen LogP) is 7.02. The predicted molar refractivity (Wildman–Crippen MR) is 237 cm³/mol. The van der Waals surface area contributed by atoms with Crippen LogP contribution in [0.3, 0.4) is 0 Å². The number of carbonyl (C=O) groups is 6. The first-order valence-electron chi connectivity index (χ1n) is 21.2. The summed E-state index contributed by atoms with van der Waals surface area (Å²) in [5.41, 5.74) is 10.6. The van der Waals surface area contributed by atoms with E-state index in [2.05, 4.69) is 45.5 Å². The Morgan fingerprint density at radius 1 is 0.734 bits per heavy atom. The van der Waals surface area contributed by atoms with Crippen molar-refractivity contribution in [3.8, 4) is 16.9 Å². The van der Waals surface area contributed by atoms with Gasteiger partial charge in [-0.1, -0.05) is 87.4 Å². The van der Waals surface area contributed by atoms with E-state index >= 15 is 0 Å². The molecule has 2 atom stereocenters. The van der Waals surface area contributed by atoms with Crippen LogP contribution in [0.2, 0.25) is 0 Å². The second kappa shape index (κ2) is 23.8. The van der Waals surface area contributed by atoms with E-state index in [1.165, 1.54) is 35.4 Å². The fourth-order valence-corrected chi connectivity index (χ4v) is 7.24. The summed E-state index contributed by atoms with van der Waals surface area (Å²) in [6.07, 6.45) is 2.47. The number of ether oxygens (including phenoxy) is 3. The largest absolute Gasteiger partial charge is 0.514 e. The van der Waals surface area contributed by atoms with Gasteiger partial charge in [-0.15, -0.1) is 0 Å². The summed E-state index contributed by atoms with van der Waals surface area (Å²) in [6, 6.07) is 24.9.